The molecule has 20 heavy (non-hydrogen) atoms. The molecule has 2 aromatic rings. The number of rotatable bonds is 4. The van der Waals surface area contributed by atoms with Crippen LogP contribution in [0.4, 0.5) is 0 Å². The van der Waals surface area contributed by atoms with E-state index < -0.39 is 0 Å². The maximum atomic E-state index is 5.88. The molecule has 1 fully saturated rings. The normalized spacial score (nSPS) is 17.9. The minimum absolute atomic E-state index is 0.989. The first-order valence-corrected chi connectivity index (χ1v) is 8.09. The Morgan fingerprint density at radius 1 is 1.15 bits per heavy atom. The molecule has 0 unspecified atom stereocenters. The third kappa shape index (κ3) is 3.43. The van der Waals surface area contributed by atoms with Gasteiger partial charge in [0.05, 0.1) is 0 Å². The number of piperazine rings is 1. The number of hydrogen-bond acceptors (Lipinski definition) is 3. The first-order valence-electron chi connectivity index (χ1n) is 7.29. The number of likely N-dealkylation sites (N-methyl/N-ethyl adjacent to an activating group) is 1. The van der Waals surface area contributed by atoms with Gasteiger partial charge in [-0.2, -0.15) is 0 Å². The lowest BCUT2D eigenvalue weighted by molar-refractivity contribution is 0.152. The van der Waals surface area contributed by atoms with E-state index >= 15 is 0 Å². The van der Waals surface area contributed by atoms with Crippen LogP contribution in [0.25, 0.3) is 11.0 Å². The van der Waals surface area contributed by atoms with Crippen molar-refractivity contribution in [1.82, 2.24) is 9.80 Å². The lowest BCUT2D eigenvalue weighted by atomic mass is 10.2. The highest BCUT2D eigenvalue weighted by atomic mass is 79.9. The first-order chi connectivity index (χ1) is 9.70. The molecule has 1 aliphatic heterocycles. The average molecular weight is 337 g/mol. The summed E-state index contributed by atoms with van der Waals surface area (Å²) >= 11 is 3.50. The van der Waals surface area contributed by atoms with Gasteiger partial charge in [-0.1, -0.05) is 15.9 Å². The number of nitrogens with zero attached hydrogens (tertiary/aromatic N) is 2. The number of hydrogen-bond donors (Lipinski definition) is 0. The van der Waals surface area contributed by atoms with E-state index in [1.54, 1.807) is 0 Å². The van der Waals surface area contributed by atoms with Gasteiger partial charge >= 0.3 is 0 Å². The summed E-state index contributed by atoms with van der Waals surface area (Å²) in [4.78, 5) is 4.95. The van der Waals surface area contributed by atoms with E-state index in [1.807, 2.05) is 12.1 Å². The maximum Gasteiger partial charge on any atom is 0.134 e. The molecular formula is C16H21BrN2O. The molecule has 0 amide bonds. The predicted octanol–water partition coefficient (Wildman–Crippen LogP) is 3.38. The Hall–Kier alpha value is -0.840. The van der Waals surface area contributed by atoms with Crippen LogP contribution < -0.4 is 0 Å². The fraction of sp³-hybridized carbons (Fsp3) is 0.500. The van der Waals surface area contributed by atoms with Crippen LogP contribution in [0.15, 0.2) is 33.2 Å². The van der Waals surface area contributed by atoms with Gasteiger partial charge in [0.25, 0.3) is 0 Å². The smallest absolute Gasteiger partial charge is 0.134 e. The second-order valence-electron chi connectivity index (χ2n) is 5.64. The van der Waals surface area contributed by atoms with E-state index in [0.29, 0.717) is 0 Å². The molecule has 4 heteroatoms. The van der Waals surface area contributed by atoms with Crippen LogP contribution in [0.1, 0.15) is 12.2 Å². The summed E-state index contributed by atoms with van der Waals surface area (Å²) in [6, 6.07) is 8.34. The number of benzene rings is 1. The molecule has 2 heterocycles. The van der Waals surface area contributed by atoms with E-state index in [0.717, 1.165) is 22.2 Å². The zero-order chi connectivity index (χ0) is 13.9. The molecule has 0 radical (unpaired) electrons. The van der Waals surface area contributed by atoms with E-state index in [1.165, 1.54) is 44.5 Å². The van der Waals surface area contributed by atoms with Crippen molar-refractivity contribution in [1.29, 1.82) is 0 Å². The van der Waals surface area contributed by atoms with E-state index in [4.69, 9.17) is 4.42 Å². The van der Waals surface area contributed by atoms with Gasteiger partial charge in [0.15, 0.2) is 0 Å². The highest BCUT2D eigenvalue weighted by molar-refractivity contribution is 9.10. The van der Waals surface area contributed by atoms with Gasteiger partial charge in [0.2, 0.25) is 0 Å². The predicted molar refractivity (Wildman–Crippen MR) is 86.2 cm³/mol. The zero-order valence-electron chi connectivity index (χ0n) is 11.9. The molecular weight excluding hydrogens is 316 g/mol. The number of halogens is 1. The molecule has 0 bridgehead atoms. The third-order valence-corrected chi connectivity index (χ3v) is 4.52. The summed E-state index contributed by atoms with van der Waals surface area (Å²) < 4.78 is 6.99. The summed E-state index contributed by atoms with van der Waals surface area (Å²) in [5, 5.41) is 1.19. The standard InChI is InChI=1S/C16H21BrN2O/c1-18-7-9-19(10-8-18)6-2-3-15-12-13-11-14(17)4-5-16(13)20-15/h4-5,11-12H,2-3,6-10H2,1H3. The van der Waals surface area contributed by atoms with Crippen LogP contribution >= 0.6 is 15.9 Å². The first kappa shape index (κ1) is 14.1. The van der Waals surface area contributed by atoms with E-state index in [2.05, 4.69) is 44.9 Å². The molecule has 108 valence electrons. The Bertz CT molecular complexity index is 573. The molecule has 1 aromatic heterocycles. The van der Waals surface area contributed by atoms with Crippen molar-refractivity contribution in [2.24, 2.45) is 0 Å². The highest BCUT2D eigenvalue weighted by Crippen LogP contribution is 2.24. The van der Waals surface area contributed by atoms with Crippen LogP contribution in [0, 0.1) is 0 Å². The molecule has 3 nitrogen and oxygen atoms in total. The number of furan rings is 1. The Morgan fingerprint density at radius 2 is 1.95 bits per heavy atom. The molecule has 1 aliphatic rings. The second-order valence-corrected chi connectivity index (χ2v) is 6.56. The highest BCUT2D eigenvalue weighted by Gasteiger charge is 2.13. The molecule has 0 atom stereocenters. The molecule has 0 saturated carbocycles. The quantitative estimate of drug-likeness (QED) is 0.853. The largest absolute Gasteiger partial charge is 0.461 e. The van der Waals surface area contributed by atoms with Gasteiger partial charge in [0.1, 0.15) is 11.3 Å². The maximum absolute atomic E-state index is 5.88. The topological polar surface area (TPSA) is 19.6 Å². The van der Waals surface area contributed by atoms with Crippen molar-refractivity contribution in [2.45, 2.75) is 12.8 Å². The Kier molecular flexibility index (Phi) is 4.44. The molecule has 0 spiro atoms. The van der Waals surface area contributed by atoms with Crippen molar-refractivity contribution >= 4 is 26.9 Å². The van der Waals surface area contributed by atoms with E-state index in [9.17, 15) is 0 Å². The SMILES string of the molecule is CN1CCN(CCCc2cc3cc(Br)ccc3o2)CC1. The fourth-order valence-corrected chi connectivity index (χ4v) is 3.12. The summed E-state index contributed by atoms with van der Waals surface area (Å²) in [7, 11) is 2.20. The summed E-state index contributed by atoms with van der Waals surface area (Å²) in [5.74, 6) is 1.10. The lowest BCUT2D eigenvalue weighted by Crippen LogP contribution is -2.44. The summed E-state index contributed by atoms with van der Waals surface area (Å²) in [6.45, 7) is 5.96. The second kappa shape index (κ2) is 6.29. The van der Waals surface area contributed by atoms with E-state index in [-0.39, 0.29) is 0 Å². The molecule has 3 rings (SSSR count). The van der Waals surface area contributed by atoms with Gasteiger partial charge in [-0.15, -0.1) is 0 Å². The molecule has 0 aliphatic carbocycles. The zero-order valence-corrected chi connectivity index (χ0v) is 13.5. The number of aryl methyl sites for hydroxylation is 1. The van der Waals surface area contributed by atoms with Crippen LogP contribution in [0.3, 0.4) is 0 Å². The average Bonchev–Trinajstić information content (AvgIpc) is 2.83. The monoisotopic (exact) mass is 336 g/mol. The van der Waals surface area contributed by atoms with Crippen LogP contribution in [0.5, 0.6) is 0 Å². The summed E-state index contributed by atoms with van der Waals surface area (Å²) in [5.41, 5.74) is 0.989. The molecule has 0 N–H and O–H groups in total. The molecule has 1 saturated heterocycles. The van der Waals surface area contributed by atoms with Gasteiger partial charge in [-0.05, 0) is 44.3 Å². The van der Waals surface area contributed by atoms with Crippen molar-refractivity contribution in [3.8, 4) is 0 Å². The Labute approximate surface area is 128 Å². The van der Waals surface area contributed by atoms with Crippen molar-refractivity contribution in [2.75, 3.05) is 39.8 Å². The number of fused-ring (bicyclic) bond motifs is 1. The fourth-order valence-electron chi connectivity index (χ4n) is 2.74. The Morgan fingerprint density at radius 3 is 2.75 bits per heavy atom. The van der Waals surface area contributed by atoms with Crippen LogP contribution in [-0.4, -0.2) is 49.6 Å². The minimum atomic E-state index is 0.989. The van der Waals surface area contributed by atoms with Crippen LogP contribution in [0.2, 0.25) is 0 Å². The molecule has 1 aromatic carbocycles. The van der Waals surface area contributed by atoms with Gasteiger partial charge in [0, 0.05) is 42.5 Å². The van der Waals surface area contributed by atoms with Crippen molar-refractivity contribution in [3.05, 3.63) is 34.5 Å². The third-order valence-electron chi connectivity index (χ3n) is 4.02. The Balaban J connectivity index is 1.52. The lowest BCUT2D eigenvalue weighted by Gasteiger charge is -2.32. The van der Waals surface area contributed by atoms with Gasteiger partial charge in [-0.25, -0.2) is 0 Å². The van der Waals surface area contributed by atoms with Crippen molar-refractivity contribution < 1.29 is 4.42 Å². The van der Waals surface area contributed by atoms with Gasteiger partial charge < -0.3 is 14.2 Å². The van der Waals surface area contributed by atoms with Gasteiger partial charge in [-0.3, -0.25) is 0 Å². The minimum Gasteiger partial charge on any atom is -0.461 e. The van der Waals surface area contributed by atoms with Crippen molar-refractivity contribution in [3.63, 3.8) is 0 Å². The summed E-state index contributed by atoms with van der Waals surface area (Å²) in [6.07, 6.45) is 2.20. The van der Waals surface area contributed by atoms with Crippen LogP contribution in [-0.2, 0) is 6.42 Å².